The van der Waals surface area contributed by atoms with Gasteiger partial charge in [0.2, 0.25) is 0 Å². The van der Waals surface area contributed by atoms with E-state index < -0.39 is 0 Å². The summed E-state index contributed by atoms with van der Waals surface area (Å²) in [6, 6.07) is 15.1. The van der Waals surface area contributed by atoms with Gasteiger partial charge in [0.25, 0.3) is 5.91 Å². The molecule has 0 spiro atoms. The fourth-order valence-corrected chi connectivity index (χ4v) is 3.92. The molecule has 2 aromatic carbocycles. The summed E-state index contributed by atoms with van der Waals surface area (Å²) in [5.74, 6) is 1.11. The van der Waals surface area contributed by atoms with Crippen LogP contribution in [0.4, 0.5) is 5.69 Å². The largest absolute Gasteiger partial charge is 0.494 e. The molecule has 1 aliphatic heterocycles. The van der Waals surface area contributed by atoms with Gasteiger partial charge in [-0.3, -0.25) is 9.69 Å². The Balaban J connectivity index is 1.91. The van der Waals surface area contributed by atoms with Gasteiger partial charge in [-0.25, -0.2) is 4.99 Å². The lowest BCUT2D eigenvalue weighted by atomic mass is 10.2. The topological polar surface area (TPSA) is 41.9 Å². The first-order valence-electron chi connectivity index (χ1n) is 9.25. The van der Waals surface area contributed by atoms with Crippen LogP contribution < -0.4 is 4.74 Å². The third kappa shape index (κ3) is 4.97. The van der Waals surface area contributed by atoms with Crippen LogP contribution in [0.2, 0.25) is 5.02 Å². The molecule has 1 heterocycles. The second-order valence-electron chi connectivity index (χ2n) is 6.77. The number of thioether (sulfide) groups is 1. The number of rotatable bonds is 6. The lowest BCUT2D eigenvalue weighted by molar-refractivity contribution is -0.122. The minimum absolute atomic E-state index is 0.0293. The molecule has 0 unspecified atom stereocenters. The number of carbonyl (C=O) groups excluding carboxylic acids is 1. The molecule has 1 fully saturated rings. The van der Waals surface area contributed by atoms with Gasteiger partial charge in [-0.2, -0.15) is 0 Å². The number of ether oxygens (including phenoxy) is 1. The van der Waals surface area contributed by atoms with Crippen molar-refractivity contribution in [1.82, 2.24) is 4.90 Å². The number of para-hydroxylation sites is 1. The van der Waals surface area contributed by atoms with Crippen molar-refractivity contribution in [3.63, 3.8) is 0 Å². The van der Waals surface area contributed by atoms with Crippen LogP contribution in [0.25, 0.3) is 6.08 Å². The van der Waals surface area contributed by atoms with Gasteiger partial charge in [-0.15, -0.1) is 0 Å². The fourth-order valence-electron chi connectivity index (χ4n) is 2.74. The lowest BCUT2D eigenvalue weighted by Crippen LogP contribution is -2.32. The van der Waals surface area contributed by atoms with Crippen LogP contribution >= 0.6 is 23.4 Å². The van der Waals surface area contributed by atoms with E-state index in [0.29, 0.717) is 39.9 Å². The van der Waals surface area contributed by atoms with Crippen LogP contribution in [-0.4, -0.2) is 29.1 Å². The maximum absolute atomic E-state index is 13.0. The highest BCUT2D eigenvalue weighted by Gasteiger charge is 2.33. The van der Waals surface area contributed by atoms with Crippen LogP contribution in [0, 0.1) is 5.92 Å². The van der Waals surface area contributed by atoms with Gasteiger partial charge >= 0.3 is 0 Å². The monoisotopic (exact) mass is 414 g/mol. The highest BCUT2D eigenvalue weighted by atomic mass is 35.5. The van der Waals surface area contributed by atoms with E-state index in [0.717, 1.165) is 11.3 Å². The predicted octanol–water partition coefficient (Wildman–Crippen LogP) is 6.00. The zero-order chi connectivity index (χ0) is 20.1. The number of amidine groups is 1. The van der Waals surface area contributed by atoms with Crippen molar-refractivity contribution < 1.29 is 9.53 Å². The van der Waals surface area contributed by atoms with Crippen LogP contribution in [0.15, 0.2) is 58.4 Å². The van der Waals surface area contributed by atoms with Gasteiger partial charge < -0.3 is 4.74 Å². The minimum atomic E-state index is -0.0293. The summed E-state index contributed by atoms with van der Waals surface area (Å²) in [5.41, 5.74) is 1.61. The molecule has 0 N–H and O–H groups in total. The highest BCUT2D eigenvalue weighted by molar-refractivity contribution is 8.18. The zero-order valence-electron chi connectivity index (χ0n) is 16.2. The van der Waals surface area contributed by atoms with E-state index in [9.17, 15) is 4.79 Å². The minimum Gasteiger partial charge on any atom is -0.494 e. The number of hydrogen-bond donors (Lipinski definition) is 0. The smallest absolute Gasteiger partial charge is 0.266 e. The van der Waals surface area contributed by atoms with E-state index in [4.69, 9.17) is 16.3 Å². The zero-order valence-corrected chi connectivity index (χ0v) is 17.8. The molecule has 2 aromatic rings. The van der Waals surface area contributed by atoms with Gasteiger partial charge in [0.15, 0.2) is 5.17 Å². The van der Waals surface area contributed by atoms with Crippen molar-refractivity contribution in [2.45, 2.75) is 20.8 Å². The summed E-state index contributed by atoms with van der Waals surface area (Å²) in [5, 5.41) is 1.22. The van der Waals surface area contributed by atoms with E-state index in [1.54, 1.807) is 11.0 Å². The molecule has 1 aliphatic rings. The highest BCUT2D eigenvalue weighted by Crippen LogP contribution is 2.36. The first kappa shape index (κ1) is 20.5. The standard InChI is InChI=1S/C22H23ClN2O2S/c1-4-27-17-11-9-16(10-12-17)13-20-21(26)25(14-15(2)3)22(28-20)24-19-8-6-5-7-18(19)23/h5-13,15H,4,14H2,1-3H3/b20-13+,24-22?. The van der Waals surface area contributed by atoms with Crippen LogP contribution in [0.5, 0.6) is 5.75 Å². The van der Waals surface area contributed by atoms with Gasteiger partial charge in [0, 0.05) is 6.54 Å². The molecule has 0 radical (unpaired) electrons. The van der Waals surface area contributed by atoms with Crippen LogP contribution in [0.1, 0.15) is 26.3 Å². The second kappa shape index (κ2) is 9.30. The Hall–Kier alpha value is -2.24. The van der Waals surface area contributed by atoms with E-state index in [-0.39, 0.29) is 5.91 Å². The molecule has 3 rings (SSSR count). The third-order valence-electron chi connectivity index (χ3n) is 3.99. The number of hydrogen-bond acceptors (Lipinski definition) is 4. The molecule has 0 bridgehead atoms. The Morgan fingerprint density at radius 2 is 1.89 bits per heavy atom. The summed E-state index contributed by atoms with van der Waals surface area (Å²) >= 11 is 7.63. The van der Waals surface area contributed by atoms with E-state index in [2.05, 4.69) is 18.8 Å². The molecule has 146 valence electrons. The number of nitrogens with zero attached hydrogens (tertiary/aromatic N) is 2. The van der Waals surface area contributed by atoms with E-state index in [1.807, 2.05) is 55.5 Å². The predicted molar refractivity (Wildman–Crippen MR) is 118 cm³/mol. The molecule has 28 heavy (non-hydrogen) atoms. The maximum Gasteiger partial charge on any atom is 0.266 e. The van der Waals surface area contributed by atoms with Crippen molar-refractivity contribution in [3.8, 4) is 5.75 Å². The number of aliphatic imine (C=N–C) groups is 1. The SMILES string of the molecule is CCOc1ccc(/C=C2/SC(=Nc3ccccc3Cl)N(CC(C)C)C2=O)cc1. The maximum atomic E-state index is 13.0. The molecule has 0 aromatic heterocycles. The molecule has 1 amide bonds. The van der Waals surface area contributed by atoms with E-state index in [1.165, 1.54) is 11.8 Å². The number of benzene rings is 2. The van der Waals surface area contributed by atoms with Crippen LogP contribution in [-0.2, 0) is 4.79 Å². The molecular formula is C22H23ClN2O2S. The Morgan fingerprint density at radius 3 is 2.54 bits per heavy atom. The van der Waals surface area contributed by atoms with Crippen molar-refractivity contribution in [3.05, 3.63) is 64.0 Å². The average molecular weight is 415 g/mol. The second-order valence-corrected chi connectivity index (χ2v) is 8.18. The van der Waals surface area contributed by atoms with Crippen molar-refractivity contribution in [2.24, 2.45) is 10.9 Å². The number of amides is 1. The molecule has 0 aliphatic carbocycles. The average Bonchev–Trinajstić information content (AvgIpc) is 2.94. The van der Waals surface area contributed by atoms with Gasteiger partial charge in [0.1, 0.15) is 5.75 Å². The quantitative estimate of drug-likeness (QED) is 0.544. The first-order chi connectivity index (χ1) is 13.5. The first-order valence-corrected chi connectivity index (χ1v) is 10.4. The summed E-state index contributed by atoms with van der Waals surface area (Å²) in [7, 11) is 0. The molecule has 0 saturated carbocycles. The molecule has 4 nitrogen and oxygen atoms in total. The van der Waals surface area contributed by atoms with Gasteiger partial charge in [0.05, 0.1) is 22.2 Å². The Morgan fingerprint density at radius 1 is 1.18 bits per heavy atom. The van der Waals surface area contributed by atoms with E-state index >= 15 is 0 Å². The van der Waals surface area contributed by atoms with Gasteiger partial charge in [-0.1, -0.05) is 49.7 Å². The summed E-state index contributed by atoms with van der Waals surface area (Å²) in [6.45, 7) is 7.35. The van der Waals surface area contributed by atoms with Crippen molar-refractivity contribution in [2.75, 3.05) is 13.2 Å². The Kier molecular flexibility index (Phi) is 6.81. The number of carbonyl (C=O) groups is 1. The van der Waals surface area contributed by atoms with Crippen molar-refractivity contribution >= 4 is 46.2 Å². The summed E-state index contributed by atoms with van der Waals surface area (Å²) < 4.78 is 5.47. The molecule has 1 saturated heterocycles. The van der Waals surface area contributed by atoms with Gasteiger partial charge in [-0.05, 0) is 60.5 Å². The number of halogens is 1. The summed E-state index contributed by atoms with van der Waals surface area (Å²) in [4.78, 5) is 20.0. The fraction of sp³-hybridized carbons (Fsp3) is 0.273. The third-order valence-corrected chi connectivity index (χ3v) is 5.32. The Labute approximate surface area is 175 Å². The van der Waals surface area contributed by atoms with Crippen molar-refractivity contribution in [1.29, 1.82) is 0 Å². The molecular weight excluding hydrogens is 392 g/mol. The Bertz CT molecular complexity index is 907. The molecule has 0 atom stereocenters. The normalized spacial score (nSPS) is 17.2. The lowest BCUT2D eigenvalue weighted by Gasteiger charge is -2.17. The van der Waals surface area contributed by atoms with Crippen LogP contribution in [0.3, 0.4) is 0 Å². The molecule has 6 heteroatoms. The summed E-state index contributed by atoms with van der Waals surface area (Å²) in [6.07, 6.45) is 1.89.